The van der Waals surface area contributed by atoms with Crippen molar-refractivity contribution in [3.63, 3.8) is 0 Å². The quantitative estimate of drug-likeness (QED) is 0.690. The lowest BCUT2D eigenvalue weighted by Gasteiger charge is -2.07. The van der Waals surface area contributed by atoms with Gasteiger partial charge in [0, 0.05) is 29.2 Å². The molecule has 0 radical (unpaired) electrons. The molecule has 25 heavy (non-hydrogen) atoms. The van der Waals surface area contributed by atoms with Gasteiger partial charge >= 0.3 is 0 Å². The van der Waals surface area contributed by atoms with E-state index in [1.807, 2.05) is 48.7 Å². The van der Waals surface area contributed by atoms with Crippen LogP contribution in [-0.2, 0) is 4.79 Å². The summed E-state index contributed by atoms with van der Waals surface area (Å²) in [5, 5.41) is 8.86. The number of carbonyl (C=O) groups is 1. The number of hydrogen-bond donors (Lipinski definition) is 2. The summed E-state index contributed by atoms with van der Waals surface area (Å²) in [6, 6.07) is 13.6. The highest BCUT2D eigenvalue weighted by Gasteiger charge is 2.08. The van der Waals surface area contributed by atoms with Crippen molar-refractivity contribution in [2.75, 3.05) is 17.7 Å². The van der Waals surface area contributed by atoms with Gasteiger partial charge in [-0.1, -0.05) is 6.07 Å². The minimum absolute atomic E-state index is 0.0939. The molecule has 0 aliphatic carbocycles. The minimum atomic E-state index is -0.0939. The molecule has 1 heterocycles. The van der Waals surface area contributed by atoms with Gasteiger partial charge in [-0.2, -0.15) is 0 Å². The molecule has 3 aromatic rings. The van der Waals surface area contributed by atoms with Crippen LogP contribution in [0.15, 0.2) is 47.8 Å². The Labute approximate surface area is 150 Å². The van der Waals surface area contributed by atoms with Gasteiger partial charge in [-0.05, 0) is 48.9 Å². The number of hydrogen-bond acceptors (Lipinski definition) is 5. The molecule has 0 aliphatic heterocycles. The van der Waals surface area contributed by atoms with Gasteiger partial charge in [-0.25, -0.2) is 4.98 Å². The number of rotatable bonds is 5. The normalized spacial score (nSPS) is 10.4. The highest BCUT2D eigenvalue weighted by atomic mass is 32.1. The van der Waals surface area contributed by atoms with Crippen LogP contribution in [0, 0.1) is 6.92 Å². The van der Waals surface area contributed by atoms with Gasteiger partial charge in [0.2, 0.25) is 5.91 Å². The Bertz CT molecular complexity index is 905. The molecule has 0 spiro atoms. The van der Waals surface area contributed by atoms with E-state index >= 15 is 0 Å². The number of aromatic nitrogens is 1. The van der Waals surface area contributed by atoms with Crippen LogP contribution < -0.4 is 15.4 Å². The standard InChI is InChI=1S/C19H19N3O2S/c1-12-9-14(7-8-18(12)24-3)17-11-25-19(22-17)21-16-6-4-5-15(10-16)20-13(2)23/h4-11H,1-3H3,(H,20,23)(H,21,22). The first-order valence-corrected chi connectivity index (χ1v) is 8.68. The van der Waals surface area contributed by atoms with Crippen molar-refractivity contribution in [3.05, 3.63) is 53.4 Å². The number of aryl methyl sites for hydroxylation is 1. The SMILES string of the molecule is COc1ccc(-c2csc(Nc3cccc(NC(C)=O)c3)n2)cc1C. The van der Waals surface area contributed by atoms with Crippen molar-refractivity contribution in [1.29, 1.82) is 0 Å². The van der Waals surface area contributed by atoms with Crippen LogP contribution in [0.2, 0.25) is 0 Å². The third-order valence-electron chi connectivity index (χ3n) is 3.63. The zero-order valence-electron chi connectivity index (χ0n) is 14.3. The summed E-state index contributed by atoms with van der Waals surface area (Å²) in [6.07, 6.45) is 0. The minimum Gasteiger partial charge on any atom is -0.496 e. The van der Waals surface area contributed by atoms with Gasteiger partial charge in [-0.3, -0.25) is 4.79 Å². The van der Waals surface area contributed by atoms with E-state index in [2.05, 4.69) is 21.7 Å². The predicted octanol–water partition coefficient (Wildman–Crippen LogP) is 4.83. The van der Waals surface area contributed by atoms with Crippen LogP contribution in [0.1, 0.15) is 12.5 Å². The van der Waals surface area contributed by atoms with Gasteiger partial charge in [0.25, 0.3) is 0 Å². The van der Waals surface area contributed by atoms with Gasteiger partial charge in [0.15, 0.2) is 5.13 Å². The van der Waals surface area contributed by atoms with E-state index in [-0.39, 0.29) is 5.91 Å². The highest BCUT2D eigenvalue weighted by molar-refractivity contribution is 7.14. The number of benzene rings is 2. The second-order valence-electron chi connectivity index (χ2n) is 5.61. The zero-order chi connectivity index (χ0) is 17.8. The molecule has 2 aromatic carbocycles. The smallest absolute Gasteiger partial charge is 0.221 e. The number of thiazole rings is 1. The Morgan fingerprint density at radius 3 is 2.68 bits per heavy atom. The Kier molecular flexibility index (Phi) is 5.00. The number of anilines is 3. The van der Waals surface area contributed by atoms with E-state index < -0.39 is 0 Å². The molecular weight excluding hydrogens is 334 g/mol. The summed E-state index contributed by atoms with van der Waals surface area (Å²) in [5.74, 6) is 0.774. The topological polar surface area (TPSA) is 63.2 Å². The molecule has 0 saturated carbocycles. The second kappa shape index (κ2) is 7.36. The van der Waals surface area contributed by atoms with Crippen molar-refractivity contribution in [2.45, 2.75) is 13.8 Å². The van der Waals surface area contributed by atoms with Crippen LogP contribution in [0.4, 0.5) is 16.5 Å². The molecule has 6 heteroatoms. The van der Waals surface area contributed by atoms with E-state index in [1.165, 1.54) is 18.3 Å². The molecular formula is C19H19N3O2S. The van der Waals surface area contributed by atoms with E-state index in [4.69, 9.17) is 4.74 Å². The zero-order valence-corrected chi connectivity index (χ0v) is 15.1. The summed E-state index contributed by atoms with van der Waals surface area (Å²) < 4.78 is 5.30. The molecule has 0 unspecified atom stereocenters. The number of nitrogens with one attached hydrogen (secondary N) is 2. The Hall–Kier alpha value is -2.86. The monoisotopic (exact) mass is 353 g/mol. The lowest BCUT2D eigenvalue weighted by Crippen LogP contribution is -2.05. The fourth-order valence-corrected chi connectivity index (χ4v) is 3.24. The van der Waals surface area contributed by atoms with Gasteiger partial charge in [0.05, 0.1) is 12.8 Å². The van der Waals surface area contributed by atoms with Crippen LogP contribution in [0.25, 0.3) is 11.3 Å². The number of amides is 1. The van der Waals surface area contributed by atoms with E-state index in [0.29, 0.717) is 0 Å². The first-order valence-electron chi connectivity index (χ1n) is 7.80. The molecule has 0 saturated heterocycles. The predicted molar refractivity (Wildman–Crippen MR) is 103 cm³/mol. The molecule has 0 fully saturated rings. The van der Waals surface area contributed by atoms with E-state index in [1.54, 1.807) is 7.11 Å². The first kappa shape index (κ1) is 17.0. The number of carbonyl (C=O) groups excluding carboxylic acids is 1. The molecule has 5 nitrogen and oxygen atoms in total. The van der Waals surface area contributed by atoms with Crippen LogP contribution in [0.5, 0.6) is 5.75 Å². The number of ether oxygens (including phenoxy) is 1. The Morgan fingerprint density at radius 1 is 1.16 bits per heavy atom. The largest absolute Gasteiger partial charge is 0.496 e. The van der Waals surface area contributed by atoms with Crippen molar-refractivity contribution < 1.29 is 9.53 Å². The molecule has 2 N–H and O–H groups in total. The summed E-state index contributed by atoms with van der Waals surface area (Å²) >= 11 is 1.53. The van der Waals surface area contributed by atoms with Crippen molar-refractivity contribution in [2.24, 2.45) is 0 Å². The summed E-state index contributed by atoms with van der Waals surface area (Å²) in [5.41, 5.74) is 4.66. The van der Waals surface area contributed by atoms with Gasteiger partial charge < -0.3 is 15.4 Å². The maximum absolute atomic E-state index is 11.2. The second-order valence-corrected chi connectivity index (χ2v) is 6.47. The van der Waals surface area contributed by atoms with E-state index in [0.717, 1.165) is 39.1 Å². The summed E-state index contributed by atoms with van der Waals surface area (Å²) in [7, 11) is 1.67. The van der Waals surface area contributed by atoms with Crippen LogP contribution in [0.3, 0.4) is 0 Å². The fourth-order valence-electron chi connectivity index (χ4n) is 2.50. The lowest BCUT2D eigenvalue weighted by molar-refractivity contribution is -0.114. The Morgan fingerprint density at radius 2 is 1.96 bits per heavy atom. The average Bonchev–Trinajstić information content (AvgIpc) is 3.03. The van der Waals surface area contributed by atoms with Crippen molar-refractivity contribution in [3.8, 4) is 17.0 Å². The summed E-state index contributed by atoms with van der Waals surface area (Å²) in [4.78, 5) is 15.8. The number of methoxy groups -OCH3 is 1. The summed E-state index contributed by atoms with van der Waals surface area (Å²) in [6.45, 7) is 3.51. The molecule has 128 valence electrons. The third kappa shape index (κ3) is 4.16. The molecule has 0 bridgehead atoms. The van der Waals surface area contributed by atoms with Crippen LogP contribution in [-0.4, -0.2) is 18.0 Å². The maximum atomic E-state index is 11.2. The molecule has 0 aliphatic rings. The molecule has 0 atom stereocenters. The maximum Gasteiger partial charge on any atom is 0.221 e. The highest BCUT2D eigenvalue weighted by Crippen LogP contribution is 2.30. The number of nitrogens with zero attached hydrogens (tertiary/aromatic N) is 1. The third-order valence-corrected chi connectivity index (χ3v) is 4.39. The van der Waals surface area contributed by atoms with Gasteiger partial charge in [-0.15, -0.1) is 11.3 Å². The first-order chi connectivity index (χ1) is 12.0. The average molecular weight is 353 g/mol. The molecule has 3 rings (SSSR count). The fraction of sp³-hybridized carbons (Fsp3) is 0.158. The van der Waals surface area contributed by atoms with Crippen LogP contribution >= 0.6 is 11.3 Å². The molecule has 1 amide bonds. The lowest BCUT2D eigenvalue weighted by atomic mass is 10.1. The Balaban J connectivity index is 1.78. The van der Waals surface area contributed by atoms with Gasteiger partial charge in [0.1, 0.15) is 5.75 Å². The van der Waals surface area contributed by atoms with Crippen molar-refractivity contribution in [1.82, 2.24) is 4.98 Å². The van der Waals surface area contributed by atoms with E-state index in [9.17, 15) is 4.79 Å². The van der Waals surface area contributed by atoms with Crippen molar-refractivity contribution >= 4 is 33.8 Å². The molecule has 1 aromatic heterocycles.